The van der Waals surface area contributed by atoms with Crippen LogP contribution in [0.2, 0.25) is 5.02 Å². The maximum atomic E-state index is 12.6. The normalized spacial score (nSPS) is 11.0. The second kappa shape index (κ2) is 9.73. The van der Waals surface area contributed by atoms with Crippen molar-refractivity contribution in [2.45, 2.75) is 26.5 Å². The molecule has 3 aromatic heterocycles. The summed E-state index contributed by atoms with van der Waals surface area (Å²) in [7, 11) is 0. The van der Waals surface area contributed by atoms with Crippen LogP contribution in [0.5, 0.6) is 5.75 Å². The van der Waals surface area contributed by atoms with Gasteiger partial charge in [-0.15, -0.1) is 0 Å². The minimum absolute atomic E-state index is 0.214. The highest BCUT2D eigenvalue weighted by molar-refractivity contribution is 6.30. The van der Waals surface area contributed by atoms with Crippen molar-refractivity contribution in [3.63, 3.8) is 0 Å². The van der Waals surface area contributed by atoms with Gasteiger partial charge in [-0.1, -0.05) is 30.7 Å². The molecule has 0 bridgehead atoms. The molecule has 2 N–H and O–H groups in total. The molecule has 6 nitrogen and oxygen atoms in total. The Morgan fingerprint density at radius 3 is 2.77 bits per heavy atom. The van der Waals surface area contributed by atoms with Gasteiger partial charge in [-0.05, 0) is 54.9 Å². The third-order valence-electron chi connectivity index (χ3n) is 4.86. The molecule has 0 amide bonds. The zero-order valence-corrected chi connectivity index (χ0v) is 17.9. The van der Waals surface area contributed by atoms with E-state index in [-0.39, 0.29) is 12.2 Å². The van der Waals surface area contributed by atoms with Gasteiger partial charge in [0.05, 0.1) is 27.5 Å². The summed E-state index contributed by atoms with van der Waals surface area (Å²) in [6, 6.07) is 15.1. The molecule has 31 heavy (non-hydrogen) atoms. The first-order chi connectivity index (χ1) is 15.1. The Hall–Kier alpha value is -3.22. The molecule has 4 aromatic rings. The number of aromatic amines is 1. The standard InChI is InChI=1S/C24H23ClN4O2/c1-2-10-26-14-19-6-3-16-12-17(4-8-21(16)29-19)23-22(9-11-27-24(23)30)31-15-20-7-5-18(25)13-28-20/h3-9,11-13,26H,2,10,14-15H2,1H3,(H,27,30). The first-order valence-electron chi connectivity index (χ1n) is 10.2. The smallest absolute Gasteiger partial charge is 0.259 e. The van der Waals surface area contributed by atoms with Crippen molar-refractivity contribution in [1.82, 2.24) is 20.3 Å². The Morgan fingerprint density at radius 1 is 1.10 bits per heavy atom. The largest absolute Gasteiger partial charge is 0.486 e. The number of benzene rings is 1. The highest BCUT2D eigenvalue weighted by Gasteiger charge is 2.13. The zero-order valence-electron chi connectivity index (χ0n) is 17.2. The van der Waals surface area contributed by atoms with Crippen molar-refractivity contribution in [3.8, 4) is 16.9 Å². The molecule has 0 aliphatic carbocycles. The van der Waals surface area contributed by atoms with Gasteiger partial charge in [-0.25, -0.2) is 0 Å². The van der Waals surface area contributed by atoms with E-state index in [1.807, 2.05) is 30.3 Å². The number of ether oxygens (including phenoxy) is 1. The van der Waals surface area contributed by atoms with Crippen molar-refractivity contribution in [3.05, 3.63) is 87.7 Å². The maximum Gasteiger partial charge on any atom is 0.259 e. The van der Waals surface area contributed by atoms with Crippen LogP contribution in [0.15, 0.2) is 65.7 Å². The minimum Gasteiger partial charge on any atom is -0.486 e. The highest BCUT2D eigenvalue weighted by atomic mass is 35.5. The molecule has 158 valence electrons. The molecule has 3 heterocycles. The van der Waals surface area contributed by atoms with Gasteiger partial charge in [0.2, 0.25) is 0 Å². The number of H-pyrrole nitrogens is 1. The Kier molecular flexibility index (Phi) is 6.60. The minimum atomic E-state index is -0.214. The van der Waals surface area contributed by atoms with Crippen LogP contribution < -0.4 is 15.6 Å². The number of fused-ring (bicyclic) bond motifs is 1. The Labute approximate surface area is 185 Å². The Bertz CT molecular complexity index is 1240. The van der Waals surface area contributed by atoms with Crippen molar-refractivity contribution < 1.29 is 4.74 Å². The molecule has 0 fully saturated rings. The van der Waals surface area contributed by atoms with Crippen molar-refractivity contribution >= 4 is 22.5 Å². The molecule has 7 heteroatoms. The predicted molar refractivity (Wildman–Crippen MR) is 123 cm³/mol. The molecule has 0 atom stereocenters. The van der Waals surface area contributed by atoms with Gasteiger partial charge in [0.1, 0.15) is 12.4 Å². The molecule has 0 unspecified atom stereocenters. The van der Waals surface area contributed by atoms with Gasteiger partial charge in [-0.2, -0.15) is 0 Å². The fraction of sp³-hybridized carbons (Fsp3) is 0.208. The van der Waals surface area contributed by atoms with E-state index in [9.17, 15) is 4.79 Å². The molecule has 0 aliphatic heterocycles. The van der Waals surface area contributed by atoms with Gasteiger partial charge in [0.25, 0.3) is 5.56 Å². The number of aromatic nitrogens is 3. The van der Waals surface area contributed by atoms with E-state index >= 15 is 0 Å². The number of hydrogen-bond donors (Lipinski definition) is 2. The van der Waals surface area contributed by atoms with Gasteiger partial charge in [0.15, 0.2) is 0 Å². The summed E-state index contributed by atoms with van der Waals surface area (Å²) in [6.45, 7) is 4.07. The van der Waals surface area contributed by atoms with Crippen molar-refractivity contribution in [1.29, 1.82) is 0 Å². The average molecular weight is 435 g/mol. The molecule has 4 rings (SSSR count). The van der Waals surface area contributed by atoms with Gasteiger partial charge >= 0.3 is 0 Å². The van der Waals surface area contributed by atoms with Crippen LogP contribution in [-0.2, 0) is 13.2 Å². The lowest BCUT2D eigenvalue weighted by molar-refractivity contribution is 0.302. The second-order valence-corrected chi connectivity index (χ2v) is 7.63. The topological polar surface area (TPSA) is 79.9 Å². The van der Waals surface area contributed by atoms with Gasteiger partial charge < -0.3 is 15.0 Å². The number of pyridine rings is 3. The summed E-state index contributed by atoms with van der Waals surface area (Å²) in [6.07, 6.45) is 4.23. The molecule has 0 saturated heterocycles. The third kappa shape index (κ3) is 5.10. The summed E-state index contributed by atoms with van der Waals surface area (Å²) < 4.78 is 5.93. The number of rotatable bonds is 8. The van der Waals surface area contributed by atoms with Gasteiger partial charge in [0, 0.05) is 24.3 Å². The van der Waals surface area contributed by atoms with Gasteiger partial charge in [-0.3, -0.25) is 14.8 Å². The van der Waals surface area contributed by atoms with Crippen LogP contribution in [0.4, 0.5) is 0 Å². The maximum absolute atomic E-state index is 12.6. The molecule has 0 aliphatic rings. The third-order valence-corrected chi connectivity index (χ3v) is 5.08. The average Bonchev–Trinajstić information content (AvgIpc) is 2.78. The highest BCUT2D eigenvalue weighted by Crippen LogP contribution is 2.29. The fourth-order valence-corrected chi connectivity index (χ4v) is 3.42. The van der Waals surface area contributed by atoms with Crippen molar-refractivity contribution in [2.75, 3.05) is 6.54 Å². The molecule has 0 radical (unpaired) electrons. The quantitative estimate of drug-likeness (QED) is 0.392. The summed E-state index contributed by atoms with van der Waals surface area (Å²) >= 11 is 5.89. The summed E-state index contributed by atoms with van der Waals surface area (Å²) in [5.41, 5.74) is 3.64. The molecular formula is C24H23ClN4O2. The van der Waals surface area contributed by atoms with E-state index in [1.165, 1.54) is 0 Å². The molecule has 1 aromatic carbocycles. The van der Waals surface area contributed by atoms with E-state index in [0.717, 1.165) is 47.4 Å². The van der Waals surface area contributed by atoms with Crippen LogP contribution in [0.3, 0.4) is 0 Å². The number of nitrogens with zero attached hydrogens (tertiary/aromatic N) is 2. The van der Waals surface area contributed by atoms with E-state index in [1.54, 1.807) is 30.6 Å². The summed E-state index contributed by atoms with van der Waals surface area (Å²) in [5.74, 6) is 0.494. The SMILES string of the molecule is CCCNCc1ccc2cc(-c3c(OCc4ccc(Cl)cn4)cc[nH]c3=O)ccc2n1. The van der Waals surface area contributed by atoms with Crippen LogP contribution >= 0.6 is 11.6 Å². The van der Waals surface area contributed by atoms with E-state index in [4.69, 9.17) is 21.3 Å². The lowest BCUT2D eigenvalue weighted by Crippen LogP contribution is -2.14. The van der Waals surface area contributed by atoms with Crippen LogP contribution in [-0.4, -0.2) is 21.5 Å². The van der Waals surface area contributed by atoms with Crippen LogP contribution in [0.25, 0.3) is 22.0 Å². The monoisotopic (exact) mass is 434 g/mol. The first kappa shape index (κ1) is 21.0. The molecule has 0 saturated carbocycles. The fourth-order valence-electron chi connectivity index (χ4n) is 3.31. The van der Waals surface area contributed by atoms with E-state index < -0.39 is 0 Å². The number of nitrogens with one attached hydrogen (secondary N) is 2. The molecule has 0 spiro atoms. The molecular weight excluding hydrogens is 412 g/mol. The van der Waals surface area contributed by atoms with E-state index in [2.05, 4.69) is 22.2 Å². The number of halogens is 1. The van der Waals surface area contributed by atoms with Crippen molar-refractivity contribution in [2.24, 2.45) is 0 Å². The first-order valence-corrected chi connectivity index (χ1v) is 10.6. The summed E-state index contributed by atoms with van der Waals surface area (Å²) in [5, 5.41) is 4.89. The lowest BCUT2D eigenvalue weighted by atomic mass is 10.0. The zero-order chi connectivity index (χ0) is 21.6. The lowest BCUT2D eigenvalue weighted by Gasteiger charge is -2.11. The van der Waals surface area contributed by atoms with Crippen LogP contribution in [0.1, 0.15) is 24.7 Å². The summed E-state index contributed by atoms with van der Waals surface area (Å²) in [4.78, 5) is 24.3. The van der Waals surface area contributed by atoms with E-state index in [0.29, 0.717) is 16.3 Å². The number of hydrogen-bond acceptors (Lipinski definition) is 5. The second-order valence-electron chi connectivity index (χ2n) is 7.19. The Morgan fingerprint density at radius 2 is 1.97 bits per heavy atom. The Balaban J connectivity index is 1.61. The predicted octanol–water partition coefficient (Wildman–Crippen LogP) is 4.72. The van der Waals surface area contributed by atoms with Crippen LogP contribution in [0, 0.1) is 0 Å².